The predicted octanol–water partition coefficient (Wildman–Crippen LogP) is -2.15. The fraction of sp³-hybridized carbons (Fsp3) is 0. The van der Waals surface area contributed by atoms with Crippen LogP contribution in [-0.4, -0.2) is 0 Å². The van der Waals surface area contributed by atoms with Crippen LogP contribution in [-0.2, 0) is 19.5 Å². The Bertz CT molecular complexity index is 6.00. The largest absolute Gasteiger partial charge is 2.00 e. The number of halogens is 2. The van der Waals surface area contributed by atoms with E-state index in [4.69, 9.17) is 0 Å². The second kappa shape index (κ2) is 17.0. The van der Waals surface area contributed by atoms with Crippen LogP contribution < -0.4 is 51.4 Å². The van der Waals surface area contributed by atoms with E-state index in [9.17, 15) is 0 Å². The molecule has 0 aliphatic rings. The Morgan fingerprint density at radius 1 is 0.750 bits per heavy atom. The smallest absolute Gasteiger partial charge is 0.147 e. The quantitative estimate of drug-likeness (QED) is 0.370. The van der Waals surface area contributed by atoms with E-state index in [1.54, 1.807) is 0 Å². The monoisotopic (exact) mass is 175 g/mol. The molecule has 0 fully saturated rings. The first-order valence-electron chi connectivity index (χ1n) is 0. The fourth-order valence-electron chi connectivity index (χ4n) is 0. The molecule has 0 nitrogen and oxygen atoms in total. The molecule has 0 saturated heterocycles. The average Bonchev–Trinajstić information content (AvgIpc) is 0. The SMILES string of the molecule is Cl.Cl.[K+].[Zn+2]. The molecule has 0 aliphatic carbocycles. The van der Waals surface area contributed by atoms with Crippen LogP contribution in [0.2, 0.25) is 0 Å². The number of rotatable bonds is 0. The van der Waals surface area contributed by atoms with Gasteiger partial charge >= 0.3 is 70.9 Å². The topological polar surface area (TPSA) is 0 Å². The first kappa shape index (κ1) is 28.9. The summed E-state index contributed by atoms with van der Waals surface area (Å²) in [5.41, 5.74) is 0. The van der Waals surface area contributed by atoms with Crippen molar-refractivity contribution in [2.24, 2.45) is 0 Å². The van der Waals surface area contributed by atoms with Crippen LogP contribution in [0.15, 0.2) is 0 Å². The maximum atomic E-state index is 0. The van der Waals surface area contributed by atoms with Crippen molar-refractivity contribution in [2.45, 2.75) is 0 Å². The van der Waals surface area contributed by atoms with Gasteiger partial charge in [-0.05, 0) is 0 Å². The molecule has 0 aromatic carbocycles. The van der Waals surface area contributed by atoms with Crippen molar-refractivity contribution in [1.29, 1.82) is 0 Å². The van der Waals surface area contributed by atoms with E-state index in [-0.39, 0.29) is 95.7 Å². The van der Waals surface area contributed by atoms with Gasteiger partial charge in [0.05, 0.1) is 0 Å². The number of hydrogen-bond donors (Lipinski definition) is 0. The Labute approximate surface area is 93.5 Å². The molecule has 0 aromatic rings. The minimum atomic E-state index is 0. The Morgan fingerprint density at radius 2 is 0.750 bits per heavy atom. The van der Waals surface area contributed by atoms with E-state index < -0.39 is 0 Å². The summed E-state index contributed by atoms with van der Waals surface area (Å²) in [6, 6.07) is 0. The standard InChI is InChI=1S/2ClH.K.Zn/h2*1H;;/q;;+1;+2. The molecule has 0 radical (unpaired) electrons. The van der Waals surface area contributed by atoms with Gasteiger partial charge < -0.3 is 0 Å². The molecule has 0 N–H and O–H groups in total. The van der Waals surface area contributed by atoms with Gasteiger partial charge in [-0.1, -0.05) is 0 Å². The molecule has 4 heteroatoms. The van der Waals surface area contributed by atoms with Crippen LogP contribution in [0.5, 0.6) is 0 Å². The molecule has 0 atom stereocenters. The zero-order chi connectivity index (χ0) is 0. The Kier molecular flexibility index (Phi) is 123. The van der Waals surface area contributed by atoms with Gasteiger partial charge in [0.2, 0.25) is 0 Å². The first-order chi connectivity index (χ1) is 0. The molecule has 0 bridgehead atoms. The Hall–Kier alpha value is 2.84. The Morgan fingerprint density at radius 3 is 0.750 bits per heavy atom. The van der Waals surface area contributed by atoms with Crippen LogP contribution in [0.1, 0.15) is 0 Å². The predicted molar refractivity (Wildman–Crippen MR) is 14.5 cm³/mol. The summed E-state index contributed by atoms with van der Waals surface area (Å²) in [4.78, 5) is 0. The van der Waals surface area contributed by atoms with Gasteiger partial charge in [0.1, 0.15) is 0 Å². The molecule has 0 rings (SSSR count). The summed E-state index contributed by atoms with van der Waals surface area (Å²) in [6.07, 6.45) is 0. The van der Waals surface area contributed by atoms with Crippen LogP contribution in [0, 0.1) is 0 Å². The fourth-order valence-corrected chi connectivity index (χ4v) is 0. The normalized spacial score (nSPS) is 0. The van der Waals surface area contributed by atoms with Gasteiger partial charge in [0, 0.05) is 0 Å². The molecular formula is H2Cl2KZn+3. The van der Waals surface area contributed by atoms with E-state index >= 15 is 0 Å². The molecular weight excluding hydrogens is 175 g/mol. The molecule has 0 aromatic heterocycles. The molecule has 0 saturated carbocycles. The van der Waals surface area contributed by atoms with E-state index in [0.29, 0.717) is 0 Å². The second-order valence-corrected chi connectivity index (χ2v) is 0. The van der Waals surface area contributed by atoms with Crippen LogP contribution in [0.4, 0.5) is 0 Å². The molecule has 0 heterocycles. The minimum Gasteiger partial charge on any atom is -0.147 e. The van der Waals surface area contributed by atoms with Gasteiger partial charge in [0.15, 0.2) is 0 Å². The second-order valence-electron chi connectivity index (χ2n) is 0. The van der Waals surface area contributed by atoms with E-state index in [1.807, 2.05) is 0 Å². The third-order valence-electron chi connectivity index (χ3n) is 0. The number of hydrogen-bond acceptors (Lipinski definition) is 0. The van der Waals surface area contributed by atoms with Gasteiger partial charge in [0.25, 0.3) is 0 Å². The Balaban J connectivity index is 0. The third-order valence-corrected chi connectivity index (χ3v) is 0. The van der Waals surface area contributed by atoms with Crippen molar-refractivity contribution in [1.82, 2.24) is 0 Å². The van der Waals surface area contributed by atoms with Crippen molar-refractivity contribution in [3.05, 3.63) is 0 Å². The molecule has 0 unspecified atom stereocenters. The molecule has 0 amide bonds. The van der Waals surface area contributed by atoms with Gasteiger partial charge in [-0.2, -0.15) is 0 Å². The van der Waals surface area contributed by atoms with Crippen molar-refractivity contribution in [3.8, 4) is 0 Å². The van der Waals surface area contributed by atoms with E-state index in [0.717, 1.165) is 0 Å². The van der Waals surface area contributed by atoms with E-state index in [1.165, 1.54) is 0 Å². The van der Waals surface area contributed by atoms with Gasteiger partial charge in [-0.25, -0.2) is 0 Å². The molecule has 16 valence electrons. The van der Waals surface area contributed by atoms with Crippen molar-refractivity contribution in [3.63, 3.8) is 0 Å². The minimum absolute atomic E-state index is 0. The van der Waals surface area contributed by atoms with Gasteiger partial charge in [-0.3, -0.25) is 0 Å². The zero-order valence-corrected chi connectivity index (χ0v) is 10.2. The summed E-state index contributed by atoms with van der Waals surface area (Å²) in [6.45, 7) is 0. The molecule has 4 heavy (non-hydrogen) atoms. The zero-order valence-electron chi connectivity index (χ0n) is 2.52. The van der Waals surface area contributed by atoms with Crippen LogP contribution in [0.3, 0.4) is 0 Å². The van der Waals surface area contributed by atoms with Gasteiger partial charge in [-0.15, -0.1) is 24.8 Å². The first-order valence-corrected chi connectivity index (χ1v) is 0. The molecule has 0 spiro atoms. The maximum Gasteiger partial charge on any atom is 2.00 e. The van der Waals surface area contributed by atoms with Crippen molar-refractivity contribution < 1.29 is 70.9 Å². The van der Waals surface area contributed by atoms with Crippen LogP contribution in [0.25, 0.3) is 0 Å². The summed E-state index contributed by atoms with van der Waals surface area (Å²) < 4.78 is 0. The van der Waals surface area contributed by atoms with Crippen molar-refractivity contribution in [2.75, 3.05) is 0 Å². The molecule has 0 aliphatic heterocycles. The van der Waals surface area contributed by atoms with Crippen LogP contribution >= 0.6 is 24.8 Å². The maximum absolute atomic E-state index is 0. The summed E-state index contributed by atoms with van der Waals surface area (Å²) in [5.74, 6) is 0. The third kappa shape index (κ3) is 8.85. The summed E-state index contributed by atoms with van der Waals surface area (Å²) in [7, 11) is 0. The summed E-state index contributed by atoms with van der Waals surface area (Å²) in [5, 5.41) is 0. The van der Waals surface area contributed by atoms with E-state index in [2.05, 4.69) is 0 Å². The van der Waals surface area contributed by atoms with Crippen molar-refractivity contribution >= 4 is 24.8 Å². The summed E-state index contributed by atoms with van der Waals surface area (Å²) >= 11 is 0. The average molecular weight is 177 g/mol.